The van der Waals surface area contributed by atoms with E-state index in [9.17, 15) is 4.79 Å². The highest BCUT2D eigenvalue weighted by Crippen LogP contribution is 2.18. The fourth-order valence-corrected chi connectivity index (χ4v) is 3.83. The summed E-state index contributed by atoms with van der Waals surface area (Å²) in [7, 11) is 0. The van der Waals surface area contributed by atoms with Gasteiger partial charge in [0.25, 0.3) is 5.91 Å². The lowest BCUT2D eigenvalue weighted by atomic mass is 10.1. The molecule has 0 saturated carbocycles. The molecule has 24 heavy (non-hydrogen) atoms. The summed E-state index contributed by atoms with van der Waals surface area (Å²) in [4.78, 5) is 17.1. The van der Waals surface area contributed by atoms with Crippen molar-refractivity contribution in [3.63, 3.8) is 0 Å². The fraction of sp³-hybridized carbons (Fsp3) is 0.556. The monoisotopic (exact) mass is 346 g/mol. The van der Waals surface area contributed by atoms with Crippen molar-refractivity contribution in [2.45, 2.75) is 39.8 Å². The average molecular weight is 347 g/mol. The maximum atomic E-state index is 12.7. The van der Waals surface area contributed by atoms with Gasteiger partial charge in [0.15, 0.2) is 5.69 Å². The number of nitrogens with zero attached hydrogens (tertiary/aromatic N) is 4. The van der Waals surface area contributed by atoms with Gasteiger partial charge in [0.2, 0.25) is 0 Å². The molecule has 1 aliphatic rings. The number of hydrogen-bond acceptors (Lipinski definition) is 4. The third kappa shape index (κ3) is 3.70. The van der Waals surface area contributed by atoms with Crippen LogP contribution in [0.1, 0.15) is 42.5 Å². The zero-order chi connectivity index (χ0) is 17.3. The molecule has 1 saturated heterocycles. The van der Waals surface area contributed by atoms with Gasteiger partial charge in [-0.2, -0.15) is 16.4 Å². The van der Waals surface area contributed by atoms with Crippen LogP contribution < -0.4 is 0 Å². The van der Waals surface area contributed by atoms with E-state index in [0.29, 0.717) is 5.69 Å². The van der Waals surface area contributed by atoms with Crippen LogP contribution in [0.4, 0.5) is 0 Å². The zero-order valence-corrected chi connectivity index (χ0v) is 15.8. The van der Waals surface area contributed by atoms with Crippen LogP contribution in [0, 0.1) is 6.92 Å². The van der Waals surface area contributed by atoms with Gasteiger partial charge in [-0.05, 0) is 56.2 Å². The average Bonchev–Trinajstić information content (AvgIpc) is 3.16. The molecule has 2 aromatic heterocycles. The van der Waals surface area contributed by atoms with Crippen LogP contribution in [-0.2, 0) is 12.1 Å². The number of thiophene rings is 1. The SMILES string of the molecule is Cc1cc(C(=O)N2CCN(Cc3ccsc3)CC2)nn1C(C)(C)C. The minimum Gasteiger partial charge on any atom is -0.335 e. The largest absolute Gasteiger partial charge is 0.335 e. The molecule has 1 fully saturated rings. The molecule has 0 aromatic carbocycles. The molecule has 0 atom stereocenters. The second-order valence-corrected chi connectivity index (χ2v) is 8.23. The third-order valence-electron chi connectivity index (χ3n) is 4.39. The van der Waals surface area contributed by atoms with E-state index in [0.717, 1.165) is 38.4 Å². The van der Waals surface area contributed by atoms with Crippen LogP contribution in [0.25, 0.3) is 0 Å². The van der Waals surface area contributed by atoms with E-state index in [1.807, 2.05) is 22.6 Å². The molecule has 0 bridgehead atoms. The standard InChI is InChI=1S/C18H26N4OS/c1-14-11-16(19-22(14)18(2,3)4)17(23)21-8-6-20(7-9-21)12-15-5-10-24-13-15/h5,10-11,13H,6-9,12H2,1-4H3. The normalized spacial score (nSPS) is 16.6. The Morgan fingerprint density at radius 2 is 1.96 bits per heavy atom. The minimum atomic E-state index is -0.109. The van der Waals surface area contributed by atoms with Crippen LogP contribution in [-0.4, -0.2) is 51.7 Å². The van der Waals surface area contributed by atoms with Crippen molar-refractivity contribution in [1.82, 2.24) is 19.6 Å². The van der Waals surface area contributed by atoms with Gasteiger partial charge in [-0.1, -0.05) is 0 Å². The van der Waals surface area contributed by atoms with Crippen molar-refractivity contribution in [1.29, 1.82) is 0 Å². The number of aromatic nitrogens is 2. The highest BCUT2D eigenvalue weighted by Gasteiger charge is 2.26. The van der Waals surface area contributed by atoms with E-state index >= 15 is 0 Å². The van der Waals surface area contributed by atoms with Crippen molar-refractivity contribution in [3.8, 4) is 0 Å². The van der Waals surface area contributed by atoms with E-state index < -0.39 is 0 Å². The van der Waals surface area contributed by atoms with Gasteiger partial charge in [0, 0.05) is 38.4 Å². The predicted molar refractivity (Wildman–Crippen MR) is 97.5 cm³/mol. The van der Waals surface area contributed by atoms with Crippen LogP contribution in [0.2, 0.25) is 0 Å². The Balaban J connectivity index is 1.61. The Bertz CT molecular complexity index is 691. The Labute approximate surface area is 147 Å². The second kappa shape index (κ2) is 6.69. The van der Waals surface area contributed by atoms with E-state index in [1.54, 1.807) is 11.3 Å². The quantitative estimate of drug-likeness (QED) is 0.858. The van der Waals surface area contributed by atoms with Gasteiger partial charge in [0.05, 0.1) is 5.54 Å². The first-order chi connectivity index (χ1) is 11.3. The van der Waals surface area contributed by atoms with Gasteiger partial charge < -0.3 is 4.90 Å². The van der Waals surface area contributed by atoms with Crippen molar-refractivity contribution in [2.75, 3.05) is 26.2 Å². The molecule has 2 aromatic rings. The van der Waals surface area contributed by atoms with E-state index in [4.69, 9.17) is 0 Å². The second-order valence-electron chi connectivity index (χ2n) is 7.45. The number of piperazine rings is 1. The summed E-state index contributed by atoms with van der Waals surface area (Å²) >= 11 is 1.73. The van der Waals surface area contributed by atoms with E-state index in [2.05, 4.69) is 47.6 Å². The van der Waals surface area contributed by atoms with Crippen molar-refractivity contribution >= 4 is 17.2 Å². The maximum Gasteiger partial charge on any atom is 0.274 e. The first-order valence-electron chi connectivity index (χ1n) is 8.44. The molecule has 3 rings (SSSR count). The lowest BCUT2D eigenvalue weighted by molar-refractivity contribution is 0.0621. The number of carbonyl (C=O) groups excluding carboxylic acids is 1. The Hall–Kier alpha value is -1.66. The number of hydrogen-bond donors (Lipinski definition) is 0. The molecular formula is C18H26N4OS. The number of amides is 1. The van der Waals surface area contributed by atoms with Crippen molar-refractivity contribution in [3.05, 3.63) is 39.8 Å². The Kier molecular flexibility index (Phi) is 4.78. The van der Waals surface area contributed by atoms with Crippen LogP contribution in [0.3, 0.4) is 0 Å². The van der Waals surface area contributed by atoms with Crippen LogP contribution in [0.5, 0.6) is 0 Å². The smallest absolute Gasteiger partial charge is 0.274 e. The number of rotatable bonds is 3. The van der Waals surface area contributed by atoms with Gasteiger partial charge in [0.1, 0.15) is 0 Å². The predicted octanol–water partition coefficient (Wildman–Crippen LogP) is 2.97. The van der Waals surface area contributed by atoms with Crippen molar-refractivity contribution in [2.24, 2.45) is 0 Å². The summed E-state index contributed by atoms with van der Waals surface area (Å²) in [5, 5.41) is 8.86. The highest BCUT2D eigenvalue weighted by atomic mass is 32.1. The molecule has 0 radical (unpaired) electrons. The molecule has 130 valence electrons. The summed E-state index contributed by atoms with van der Waals surface area (Å²) in [6.07, 6.45) is 0. The molecule has 0 unspecified atom stereocenters. The van der Waals surface area contributed by atoms with E-state index in [1.165, 1.54) is 5.56 Å². The molecule has 5 nitrogen and oxygen atoms in total. The zero-order valence-electron chi connectivity index (χ0n) is 15.0. The molecule has 0 N–H and O–H groups in total. The molecule has 0 aliphatic carbocycles. The summed E-state index contributed by atoms with van der Waals surface area (Å²) in [5.41, 5.74) is 2.84. The molecule has 6 heteroatoms. The van der Waals surface area contributed by atoms with Crippen LogP contribution >= 0.6 is 11.3 Å². The van der Waals surface area contributed by atoms with Gasteiger partial charge in [-0.3, -0.25) is 14.4 Å². The molecule has 1 aliphatic heterocycles. The topological polar surface area (TPSA) is 41.4 Å². The molecule has 1 amide bonds. The highest BCUT2D eigenvalue weighted by molar-refractivity contribution is 7.07. The summed E-state index contributed by atoms with van der Waals surface area (Å²) in [5.74, 6) is 0.0521. The van der Waals surface area contributed by atoms with Crippen molar-refractivity contribution < 1.29 is 4.79 Å². The summed E-state index contributed by atoms with van der Waals surface area (Å²) < 4.78 is 1.94. The van der Waals surface area contributed by atoms with Crippen LogP contribution in [0.15, 0.2) is 22.9 Å². The van der Waals surface area contributed by atoms with Gasteiger partial charge in [-0.25, -0.2) is 0 Å². The van der Waals surface area contributed by atoms with Gasteiger partial charge >= 0.3 is 0 Å². The minimum absolute atomic E-state index is 0.0521. The summed E-state index contributed by atoms with van der Waals surface area (Å²) in [6.45, 7) is 12.7. The molecule has 3 heterocycles. The first kappa shape index (κ1) is 17.2. The van der Waals surface area contributed by atoms with Gasteiger partial charge in [-0.15, -0.1) is 0 Å². The Morgan fingerprint density at radius 1 is 1.25 bits per heavy atom. The first-order valence-corrected chi connectivity index (χ1v) is 9.39. The molecular weight excluding hydrogens is 320 g/mol. The lowest BCUT2D eigenvalue weighted by Gasteiger charge is -2.34. The third-order valence-corrected chi connectivity index (χ3v) is 5.12. The van der Waals surface area contributed by atoms with E-state index in [-0.39, 0.29) is 11.4 Å². The maximum absolute atomic E-state index is 12.7. The molecule has 0 spiro atoms. The lowest BCUT2D eigenvalue weighted by Crippen LogP contribution is -2.48. The fourth-order valence-electron chi connectivity index (χ4n) is 3.17. The number of carbonyl (C=O) groups is 1. The Morgan fingerprint density at radius 3 is 2.50 bits per heavy atom. The number of aryl methyl sites for hydroxylation is 1. The summed E-state index contributed by atoms with van der Waals surface area (Å²) in [6, 6.07) is 4.08.